The predicted octanol–water partition coefficient (Wildman–Crippen LogP) is 0.279. The number of methoxy groups -OCH3 is 1. The van der Waals surface area contributed by atoms with E-state index in [1.54, 1.807) is 7.11 Å². The van der Waals surface area contributed by atoms with Gasteiger partial charge in [-0.05, 0) is 30.5 Å². The predicted molar refractivity (Wildman–Crippen MR) is 75.5 cm³/mol. The van der Waals surface area contributed by atoms with Crippen LogP contribution < -0.4 is 10.1 Å². The molecule has 1 saturated carbocycles. The number of nitrogens with one attached hydrogen (secondary N) is 1. The van der Waals surface area contributed by atoms with E-state index in [1.807, 2.05) is 24.3 Å². The second-order valence-corrected chi connectivity index (χ2v) is 5.66. The summed E-state index contributed by atoms with van der Waals surface area (Å²) < 4.78 is 5.17. The Morgan fingerprint density at radius 2 is 2.00 bits per heavy atom. The third kappa shape index (κ3) is 3.49. The van der Waals surface area contributed by atoms with Crippen LogP contribution in [0, 0.1) is 5.41 Å². The van der Waals surface area contributed by atoms with Crippen molar-refractivity contribution in [2.24, 2.45) is 5.41 Å². The molecule has 5 heteroatoms. The van der Waals surface area contributed by atoms with Crippen molar-refractivity contribution in [2.45, 2.75) is 31.6 Å². The molecule has 0 aliphatic heterocycles. The van der Waals surface area contributed by atoms with E-state index in [9.17, 15) is 15.3 Å². The molecule has 1 aromatic carbocycles. The zero-order valence-corrected chi connectivity index (χ0v) is 11.7. The fourth-order valence-corrected chi connectivity index (χ4v) is 2.83. The van der Waals surface area contributed by atoms with Crippen molar-refractivity contribution in [3.05, 3.63) is 29.8 Å². The van der Waals surface area contributed by atoms with E-state index >= 15 is 0 Å². The highest BCUT2D eigenvalue weighted by Crippen LogP contribution is 2.37. The molecule has 0 aromatic heterocycles. The van der Waals surface area contributed by atoms with Crippen molar-refractivity contribution in [3.8, 4) is 5.75 Å². The maximum absolute atomic E-state index is 9.64. The van der Waals surface area contributed by atoms with Crippen LogP contribution in [-0.4, -0.2) is 47.8 Å². The van der Waals surface area contributed by atoms with E-state index in [0.29, 0.717) is 25.9 Å². The molecule has 0 saturated heterocycles. The molecule has 1 aliphatic carbocycles. The number of rotatable bonds is 6. The fraction of sp³-hybridized carbons (Fsp3) is 0.600. The molecule has 2 rings (SSSR count). The average Bonchev–Trinajstić information content (AvgIpc) is 2.75. The molecule has 20 heavy (non-hydrogen) atoms. The van der Waals surface area contributed by atoms with Crippen LogP contribution in [0.2, 0.25) is 0 Å². The van der Waals surface area contributed by atoms with Gasteiger partial charge in [-0.3, -0.25) is 0 Å². The minimum atomic E-state index is -0.735. The van der Waals surface area contributed by atoms with Gasteiger partial charge in [0.1, 0.15) is 5.75 Å². The summed E-state index contributed by atoms with van der Waals surface area (Å²) in [7, 11) is 1.63. The van der Waals surface area contributed by atoms with Crippen molar-refractivity contribution in [1.29, 1.82) is 0 Å². The number of hydrogen-bond donors (Lipinski definition) is 4. The summed E-state index contributed by atoms with van der Waals surface area (Å²) in [5, 5.41) is 32.1. The van der Waals surface area contributed by atoms with Gasteiger partial charge in [-0.15, -0.1) is 0 Å². The van der Waals surface area contributed by atoms with Crippen molar-refractivity contribution < 1.29 is 20.1 Å². The van der Waals surface area contributed by atoms with Crippen molar-refractivity contribution >= 4 is 0 Å². The van der Waals surface area contributed by atoms with E-state index in [2.05, 4.69) is 5.32 Å². The Morgan fingerprint density at radius 1 is 1.30 bits per heavy atom. The Balaban J connectivity index is 1.88. The summed E-state index contributed by atoms with van der Waals surface area (Å²) in [6.07, 6.45) is -0.618. The third-order valence-corrected chi connectivity index (χ3v) is 4.03. The third-order valence-electron chi connectivity index (χ3n) is 4.03. The van der Waals surface area contributed by atoms with Gasteiger partial charge in [0.25, 0.3) is 0 Å². The zero-order chi connectivity index (χ0) is 14.6. The van der Waals surface area contributed by atoms with Crippen LogP contribution in [0.15, 0.2) is 24.3 Å². The molecule has 1 fully saturated rings. The quantitative estimate of drug-likeness (QED) is 0.602. The van der Waals surface area contributed by atoms with Crippen LogP contribution in [0.5, 0.6) is 5.75 Å². The van der Waals surface area contributed by atoms with E-state index < -0.39 is 17.6 Å². The summed E-state index contributed by atoms with van der Waals surface area (Å²) >= 11 is 0. The van der Waals surface area contributed by atoms with Gasteiger partial charge >= 0.3 is 0 Å². The normalized spacial score (nSPS) is 29.6. The van der Waals surface area contributed by atoms with E-state index in [0.717, 1.165) is 11.3 Å². The monoisotopic (exact) mass is 281 g/mol. The number of ether oxygens (including phenoxy) is 1. The van der Waals surface area contributed by atoms with Crippen molar-refractivity contribution in [1.82, 2.24) is 5.32 Å². The van der Waals surface area contributed by atoms with Gasteiger partial charge in [-0.2, -0.15) is 0 Å². The summed E-state index contributed by atoms with van der Waals surface area (Å²) in [5.41, 5.74) is 0.661. The number of hydrogen-bond acceptors (Lipinski definition) is 5. The maximum atomic E-state index is 9.64. The first-order chi connectivity index (χ1) is 9.58. The lowest BCUT2D eigenvalue weighted by molar-refractivity contribution is 0.0438. The molecule has 0 heterocycles. The topological polar surface area (TPSA) is 82.0 Å². The zero-order valence-electron chi connectivity index (χ0n) is 11.7. The van der Waals surface area contributed by atoms with E-state index in [-0.39, 0.29) is 6.61 Å². The first kappa shape index (κ1) is 15.3. The molecule has 1 aliphatic rings. The maximum Gasteiger partial charge on any atom is 0.119 e. The minimum absolute atomic E-state index is 0.0355. The van der Waals surface area contributed by atoms with Gasteiger partial charge in [0.2, 0.25) is 0 Å². The van der Waals surface area contributed by atoms with Crippen LogP contribution in [0.4, 0.5) is 0 Å². The Hall–Kier alpha value is -1.14. The molecule has 0 spiro atoms. The smallest absolute Gasteiger partial charge is 0.119 e. The SMILES string of the molecule is COc1cccc(CNCC2(CO)CC(O)C(O)C2)c1. The second kappa shape index (κ2) is 6.54. The van der Waals surface area contributed by atoms with Crippen LogP contribution in [0.25, 0.3) is 0 Å². The summed E-state index contributed by atoms with van der Waals surface area (Å²) in [4.78, 5) is 0. The molecule has 5 nitrogen and oxygen atoms in total. The van der Waals surface area contributed by atoms with Crippen LogP contribution in [-0.2, 0) is 6.54 Å². The highest BCUT2D eigenvalue weighted by molar-refractivity contribution is 5.28. The average molecular weight is 281 g/mol. The molecule has 4 N–H and O–H groups in total. The lowest BCUT2D eigenvalue weighted by atomic mass is 9.87. The first-order valence-corrected chi connectivity index (χ1v) is 6.89. The second-order valence-electron chi connectivity index (χ2n) is 5.66. The molecular weight excluding hydrogens is 258 g/mol. The molecule has 0 radical (unpaired) electrons. The highest BCUT2D eigenvalue weighted by atomic mass is 16.5. The summed E-state index contributed by atoms with van der Waals surface area (Å²) in [5.74, 6) is 0.813. The lowest BCUT2D eigenvalue weighted by Crippen LogP contribution is -2.35. The Kier molecular flexibility index (Phi) is 4.99. The van der Waals surface area contributed by atoms with Crippen LogP contribution in [0.1, 0.15) is 18.4 Å². The Morgan fingerprint density at radius 3 is 2.60 bits per heavy atom. The Bertz CT molecular complexity index is 428. The fourth-order valence-electron chi connectivity index (χ4n) is 2.83. The molecule has 1 aromatic rings. The Labute approximate surface area is 119 Å². The van der Waals surface area contributed by atoms with E-state index in [1.165, 1.54) is 0 Å². The summed E-state index contributed by atoms with van der Waals surface area (Å²) in [6.45, 7) is 1.19. The highest BCUT2D eigenvalue weighted by Gasteiger charge is 2.43. The van der Waals surface area contributed by atoms with Crippen LogP contribution >= 0.6 is 0 Å². The van der Waals surface area contributed by atoms with Gasteiger partial charge in [0.15, 0.2) is 0 Å². The molecule has 0 bridgehead atoms. The van der Waals surface area contributed by atoms with E-state index in [4.69, 9.17) is 4.74 Å². The molecule has 2 atom stereocenters. The number of aliphatic hydroxyl groups excluding tert-OH is 3. The minimum Gasteiger partial charge on any atom is -0.497 e. The number of benzene rings is 1. The van der Waals surface area contributed by atoms with Crippen molar-refractivity contribution in [3.63, 3.8) is 0 Å². The van der Waals surface area contributed by atoms with Gasteiger partial charge in [0.05, 0.1) is 25.9 Å². The lowest BCUT2D eigenvalue weighted by Gasteiger charge is -2.26. The molecule has 0 amide bonds. The van der Waals surface area contributed by atoms with Crippen LogP contribution in [0.3, 0.4) is 0 Å². The van der Waals surface area contributed by atoms with Gasteiger partial charge in [-0.1, -0.05) is 12.1 Å². The molecular formula is C15H23NO4. The molecule has 112 valence electrons. The van der Waals surface area contributed by atoms with Crippen molar-refractivity contribution in [2.75, 3.05) is 20.3 Å². The first-order valence-electron chi connectivity index (χ1n) is 6.89. The summed E-state index contributed by atoms with van der Waals surface area (Å²) in [6, 6.07) is 7.78. The number of aliphatic hydroxyl groups is 3. The molecule has 2 unspecified atom stereocenters. The standard InChI is InChI=1S/C15H23NO4/c1-20-12-4-2-3-11(5-12)8-16-9-15(10-17)6-13(18)14(19)7-15/h2-5,13-14,16-19H,6-10H2,1H3. The van der Waals surface area contributed by atoms with Gasteiger partial charge < -0.3 is 25.4 Å². The van der Waals surface area contributed by atoms with Gasteiger partial charge in [0, 0.05) is 18.5 Å². The largest absolute Gasteiger partial charge is 0.497 e. The van der Waals surface area contributed by atoms with Gasteiger partial charge in [-0.25, -0.2) is 0 Å².